The van der Waals surface area contributed by atoms with Crippen molar-refractivity contribution >= 4 is 34.8 Å². The molecule has 11 N–H and O–H groups in total. The first-order chi connectivity index (χ1) is 34.1. The number of aliphatic imine (C=N–C) groups is 1. The van der Waals surface area contributed by atoms with Crippen LogP contribution in [0.15, 0.2) is 98.5 Å². The molecule has 3 aromatic carbocycles. The molecule has 0 spiro atoms. The van der Waals surface area contributed by atoms with Crippen molar-refractivity contribution in [1.29, 1.82) is 0 Å². The number of phenols is 1. The van der Waals surface area contributed by atoms with Crippen LogP contribution >= 0.6 is 0 Å². The molecule has 0 amide bonds. The predicted octanol–water partition coefficient (Wildman–Crippen LogP) is 1.11. The van der Waals surface area contributed by atoms with Gasteiger partial charge in [0.15, 0.2) is 23.1 Å². The van der Waals surface area contributed by atoms with Crippen molar-refractivity contribution in [3.8, 4) is 22.6 Å². The lowest BCUT2D eigenvalue weighted by Gasteiger charge is -2.46. The number of carbonyl (C=O) groups is 2. The lowest BCUT2D eigenvalue weighted by Crippen LogP contribution is -3.08. The van der Waals surface area contributed by atoms with Gasteiger partial charge in [0.2, 0.25) is 12.4 Å². The molecular weight excluding hydrogens is 927 g/mol. The largest absolute Gasteiger partial charge is 0.508 e. The summed E-state index contributed by atoms with van der Waals surface area (Å²) in [6.07, 6.45) is -0.667. The van der Waals surface area contributed by atoms with Gasteiger partial charge in [-0.05, 0) is 92.6 Å². The van der Waals surface area contributed by atoms with Gasteiger partial charge in [0.25, 0.3) is 5.79 Å². The Morgan fingerprint density at radius 1 is 0.944 bits per heavy atom. The summed E-state index contributed by atoms with van der Waals surface area (Å²) in [7, 11) is 0. The highest BCUT2D eigenvalue weighted by Crippen LogP contribution is 2.36. The van der Waals surface area contributed by atoms with E-state index in [2.05, 4.69) is 10.3 Å². The number of aliphatic hydroxyl groups is 7. The smallest absolute Gasteiger partial charge is 0.327 e. The zero-order valence-electron chi connectivity index (χ0n) is 39.0. The van der Waals surface area contributed by atoms with Gasteiger partial charge in [-0.25, -0.2) is 4.99 Å². The maximum Gasteiger partial charge on any atom is 0.327 e. The molecule has 4 aliphatic rings. The van der Waals surface area contributed by atoms with Crippen molar-refractivity contribution in [2.24, 2.45) is 10.9 Å². The number of carbonyl (C=O) groups excluding carboxylic acids is 1. The number of unbranched alkanes of at least 4 members (excludes halogenated alkanes) is 1. The van der Waals surface area contributed by atoms with Crippen molar-refractivity contribution in [3.63, 3.8) is 0 Å². The zero-order chi connectivity index (χ0) is 50.6. The molecule has 1 aromatic heterocycles. The molecule has 9 unspecified atom stereocenters. The van der Waals surface area contributed by atoms with E-state index in [1.54, 1.807) is 24.4 Å². The molecule has 1 aliphatic carbocycles. The Morgan fingerprint density at radius 2 is 1.70 bits per heavy atom. The van der Waals surface area contributed by atoms with Crippen molar-refractivity contribution in [2.45, 2.75) is 113 Å². The van der Waals surface area contributed by atoms with Gasteiger partial charge in [-0.1, -0.05) is 43.0 Å². The van der Waals surface area contributed by atoms with Crippen LogP contribution in [0.4, 0.5) is 0 Å². The highest BCUT2D eigenvalue weighted by molar-refractivity contribution is 5.95. The standard InChI is InChI=1S/C51H59N3O17/c1-28-21-29(7-5-6-19-55)23-32(22-28)41-40-31(16-18-52-40)25-54(41)71-45-43(60)44(61)46(51(66,27-57)70-48(64)39(47(62)63)50(65,17-20-56)53-33-8-3-2-4-9-33)69-49(45)68-35-14-15-36-38(24-35)67-26-37(42(36)59)30-10-12-34(58)13-11-30/h10-16,18,21-24,26,33,39,43-46,49,53,55-58,60-61,65-66H,2-9,17,19-20,25,27H2,1H3,(H,62,63)/p+1. The Hall–Kier alpha value is -5.88. The fourth-order valence-electron chi connectivity index (χ4n) is 9.85. The number of rotatable bonds is 20. The van der Waals surface area contributed by atoms with Crippen LogP contribution in [-0.4, -0.2) is 139 Å². The van der Waals surface area contributed by atoms with E-state index in [1.807, 2.05) is 25.1 Å². The summed E-state index contributed by atoms with van der Waals surface area (Å²) in [6.45, 7) is -0.152. The number of nitrogens with zero attached hydrogens (tertiary/aromatic N) is 1. The number of hydroxylamine groups is 2. The fraction of sp³-hybridized carbons (Fsp3) is 0.451. The quantitative estimate of drug-likeness (QED) is 0.0256. The Kier molecular flexibility index (Phi) is 15.8. The van der Waals surface area contributed by atoms with Gasteiger partial charge in [0.1, 0.15) is 60.1 Å². The van der Waals surface area contributed by atoms with E-state index in [-0.39, 0.29) is 46.2 Å². The lowest BCUT2D eigenvalue weighted by molar-refractivity contribution is -1.04. The Bertz CT molecular complexity index is 2730. The predicted molar refractivity (Wildman–Crippen MR) is 252 cm³/mol. The highest BCUT2D eigenvalue weighted by atomic mass is 16.8. The number of carboxylic acids is 1. The summed E-state index contributed by atoms with van der Waals surface area (Å²) >= 11 is 0. The molecule has 4 heterocycles. The molecule has 2 fully saturated rings. The van der Waals surface area contributed by atoms with E-state index in [0.29, 0.717) is 42.6 Å². The number of aliphatic hydroxyl groups excluding tert-OH is 5. The van der Waals surface area contributed by atoms with Crippen molar-refractivity contribution in [1.82, 2.24) is 5.32 Å². The molecule has 380 valence electrons. The van der Waals surface area contributed by atoms with Gasteiger partial charge in [0, 0.05) is 49.1 Å². The van der Waals surface area contributed by atoms with Gasteiger partial charge in [-0.3, -0.25) is 19.7 Å². The summed E-state index contributed by atoms with van der Waals surface area (Å²) in [5.74, 6) is -9.56. The SMILES string of the molecule is Cc1cc(CCCCO)cc(C2=C3N=CC=C3C[NH+]2OC2C(Oc3ccc4c(=O)c(-c5ccc(O)cc5)coc4c3)OC(C(O)(CO)OC(=O)C(C(=O)O)C(O)(CCO)NC3CCCCC3)C(O)C2O)c1. The van der Waals surface area contributed by atoms with Gasteiger partial charge >= 0.3 is 11.9 Å². The molecule has 0 bridgehead atoms. The van der Waals surface area contributed by atoms with E-state index < -0.39 is 91.2 Å². The number of aliphatic carboxylic acids is 1. The molecular formula is C51H60N3O17+. The van der Waals surface area contributed by atoms with Gasteiger partial charge in [0.05, 0.1) is 10.9 Å². The normalized spacial score (nSPS) is 24.5. The second kappa shape index (κ2) is 21.9. The molecule has 9 atom stereocenters. The molecule has 1 saturated heterocycles. The third kappa shape index (κ3) is 11.0. The topological polar surface area (TPSA) is 312 Å². The van der Waals surface area contributed by atoms with Crippen molar-refractivity contribution in [3.05, 3.63) is 111 Å². The number of esters is 1. The number of benzene rings is 3. The average molecular weight is 987 g/mol. The third-order valence-corrected chi connectivity index (χ3v) is 13.4. The molecule has 3 aliphatic heterocycles. The zero-order valence-corrected chi connectivity index (χ0v) is 39.0. The monoisotopic (exact) mass is 986 g/mol. The van der Waals surface area contributed by atoms with Gasteiger partial charge in [-0.2, -0.15) is 9.90 Å². The number of quaternary nitrogens is 1. The van der Waals surface area contributed by atoms with Crippen LogP contribution in [0.3, 0.4) is 0 Å². The summed E-state index contributed by atoms with van der Waals surface area (Å²) in [6, 6.07) is 15.6. The van der Waals surface area contributed by atoms with Gasteiger partial charge in [-0.15, -0.1) is 0 Å². The number of aromatic hydroxyl groups is 1. The van der Waals surface area contributed by atoms with E-state index in [9.17, 15) is 60.3 Å². The van der Waals surface area contributed by atoms with Crippen LogP contribution < -0.4 is 20.5 Å². The van der Waals surface area contributed by atoms with E-state index in [0.717, 1.165) is 47.9 Å². The maximum atomic E-state index is 14.0. The Morgan fingerprint density at radius 3 is 2.41 bits per heavy atom. The van der Waals surface area contributed by atoms with Crippen LogP contribution in [0.25, 0.3) is 27.8 Å². The van der Waals surface area contributed by atoms with Crippen LogP contribution in [0, 0.1) is 12.8 Å². The van der Waals surface area contributed by atoms with Crippen LogP contribution in [0.1, 0.15) is 68.1 Å². The number of nitrogens with one attached hydrogen (secondary N) is 2. The van der Waals surface area contributed by atoms with E-state index in [1.165, 1.54) is 36.6 Å². The number of fused-ring (bicyclic) bond motifs is 2. The van der Waals surface area contributed by atoms with Crippen LogP contribution in [0.5, 0.6) is 11.5 Å². The summed E-state index contributed by atoms with van der Waals surface area (Å²) < 4.78 is 23.7. The molecule has 8 rings (SSSR count). The Balaban J connectivity index is 1.14. The second-order valence-corrected chi connectivity index (χ2v) is 18.5. The number of ether oxygens (including phenoxy) is 3. The molecule has 20 nitrogen and oxygen atoms in total. The van der Waals surface area contributed by atoms with E-state index >= 15 is 0 Å². The molecule has 4 aromatic rings. The minimum absolute atomic E-state index is 0.00232. The molecule has 71 heavy (non-hydrogen) atoms. The highest BCUT2D eigenvalue weighted by Gasteiger charge is 2.60. The average Bonchev–Trinajstić information content (AvgIpc) is 3.93. The van der Waals surface area contributed by atoms with Crippen LogP contribution in [0.2, 0.25) is 0 Å². The summed E-state index contributed by atoms with van der Waals surface area (Å²) in [5, 5.41) is 101. The molecule has 20 heteroatoms. The summed E-state index contributed by atoms with van der Waals surface area (Å²) in [5.41, 5.74) is 2.28. The first-order valence-electron chi connectivity index (χ1n) is 23.7. The fourth-order valence-corrected chi connectivity index (χ4v) is 9.85. The van der Waals surface area contributed by atoms with E-state index in [4.69, 9.17) is 23.5 Å². The van der Waals surface area contributed by atoms with Gasteiger partial charge < -0.3 is 64.6 Å². The van der Waals surface area contributed by atoms with Crippen molar-refractivity contribution < 1.29 is 84.1 Å². The number of phenolic OH excluding ortho intramolecular Hbond substituents is 1. The minimum Gasteiger partial charge on any atom is -0.508 e. The Labute approximate surface area is 407 Å². The number of hydrogen-bond acceptors (Lipinski definition) is 18. The number of carboxylic acid groups (broad SMARTS) is 1. The second-order valence-electron chi connectivity index (χ2n) is 18.5. The van der Waals surface area contributed by atoms with Crippen LogP contribution in [-0.2, 0) is 30.3 Å². The van der Waals surface area contributed by atoms with Crippen molar-refractivity contribution in [2.75, 3.05) is 26.4 Å². The minimum atomic E-state index is -3.33. The molecule has 1 saturated carbocycles. The number of allylic oxidation sites excluding steroid dienone is 1. The first kappa shape index (κ1) is 51.5. The molecule has 0 radical (unpaired) electrons. The number of hydrogen-bond donors (Lipinski definition) is 11. The lowest BCUT2D eigenvalue weighted by atomic mass is 9.88. The first-order valence-corrected chi connectivity index (χ1v) is 23.7. The third-order valence-electron chi connectivity index (χ3n) is 13.4. The maximum absolute atomic E-state index is 14.0. The number of aryl methyl sites for hydroxylation is 2. The summed E-state index contributed by atoms with van der Waals surface area (Å²) in [4.78, 5) is 51.7.